The fraction of sp³-hybridized carbons (Fsp3) is 0.696. The summed E-state index contributed by atoms with van der Waals surface area (Å²) in [6, 6.07) is -0.435. The number of amides is 4. The summed E-state index contributed by atoms with van der Waals surface area (Å²) in [7, 11) is 0. The molecule has 1 N–H and O–H groups in total. The van der Waals surface area contributed by atoms with Crippen molar-refractivity contribution in [2.75, 3.05) is 37.6 Å². The number of carbonyl (C=O) groups is 3. The zero-order valence-corrected chi connectivity index (χ0v) is 19.3. The van der Waals surface area contributed by atoms with Gasteiger partial charge < -0.3 is 15.1 Å². The molecule has 3 fully saturated rings. The van der Waals surface area contributed by atoms with Crippen LogP contribution in [0.2, 0.25) is 0 Å². The summed E-state index contributed by atoms with van der Waals surface area (Å²) < 4.78 is 0. The van der Waals surface area contributed by atoms with Crippen molar-refractivity contribution in [3.05, 3.63) is 18.6 Å². The fourth-order valence-corrected chi connectivity index (χ4v) is 5.21. The molecule has 4 amide bonds. The Morgan fingerprint density at radius 3 is 2.44 bits per heavy atom. The molecule has 0 atom stereocenters. The second kappa shape index (κ2) is 8.67. The van der Waals surface area contributed by atoms with Crippen LogP contribution in [-0.4, -0.2) is 75.9 Å². The number of rotatable bonds is 5. The van der Waals surface area contributed by atoms with Crippen LogP contribution in [0.15, 0.2) is 18.6 Å². The molecule has 0 bridgehead atoms. The van der Waals surface area contributed by atoms with Gasteiger partial charge in [-0.15, -0.1) is 0 Å². The van der Waals surface area contributed by atoms with Gasteiger partial charge in [0.05, 0.1) is 6.20 Å². The number of carbonyl (C=O) groups excluding carboxylic acids is 3. The monoisotopic (exact) mass is 442 g/mol. The maximum atomic E-state index is 13.2. The molecule has 3 heterocycles. The highest BCUT2D eigenvalue weighted by Gasteiger charge is 2.54. The fourth-order valence-electron chi connectivity index (χ4n) is 5.21. The molecule has 1 aromatic heterocycles. The summed E-state index contributed by atoms with van der Waals surface area (Å²) >= 11 is 0. The molecule has 1 saturated carbocycles. The minimum Gasteiger partial charge on any atom is -0.352 e. The lowest BCUT2D eigenvalue weighted by molar-refractivity contribution is -0.140. The van der Waals surface area contributed by atoms with E-state index in [1.807, 2.05) is 0 Å². The highest BCUT2D eigenvalue weighted by atomic mass is 16.2. The van der Waals surface area contributed by atoms with Gasteiger partial charge in [-0.05, 0) is 37.0 Å². The van der Waals surface area contributed by atoms with Gasteiger partial charge in [-0.3, -0.25) is 19.5 Å². The molecular formula is C23H34N6O3. The van der Waals surface area contributed by atoms with Gasteiger partial charge in [-0.1, -0.05) is 27.2 Å². The maximum absolute atomic E-state index is 13.2. The van der Waals surface area contributed by atoms with Gasteiger partial charge in [0.2, 0.25) is 5.91 Å². The standard InChI is InChI=1S/C23H34N6O3/c1-4-22(2,3)17-5-7-23(8-6-17)20(31)29(21(32)26-23)16-19(30)28-13-11-27(12-14-28)18-15-24-9-10-25-18/h9-10,15,17H,4-8,11-14,16H2,1-3H3,(H,26,32). The second-order valence-corrected chi connectivity index (χ2v) is 9.95. The summed E-state index contributed by atoms with van der Waals surface area (Å²) in [6.45, 7) is 8.90. The van der Waals surface area contributed by atoms with Crippen LogP contribution in [0.25, 0.3) is 0 Å². The van der Waals surface area contributed by atoms with Crippen LogP contribution in [0.4, 0.5) is 10.6 Å². The number of nitrogens with one attached hydrogen (secondary N) is 1. The van der Waals surface area contributed by atoms with Crippen molar-refractivity contribution in [2.45, 2.75) is 58.4 Å². The molecule has 1 aliphatic carbocycles. The van der Waals surface area contributed by atoms with E-state index in [1.165, 1.54) is 0 Å². The van der Waals surface area contributed by atoms with Crippen molar-refractivity contribution in [1.29, 1.82) is 0 Å². The van der Waals surface area contributed by atoms with Crippen LogP contribution in [0.5, 0.6) is 0 Å². The van der Waals surface area contributed by atoms with Gasteiger partial charge in [0.25, 0.3) is 5.91 Å². The van der Waals surface area contributed by atoms with E-state index in [9.17, 15) is 14.4 Å². The quantitative estimate of drug-likeness (QED) is 0.701. The predicted molar refractivity (Wildman–Crippen MR) is 120 cm³/mol. The summed E-state index contributed by atoms with van der Waals surface area (Å²) in [5.74, 6) is 0.911. The number of aromatic nitrogens is 2. The molecule has 1 aromatic rings. The molecule has 174 valence electrons. The molecular weight excluding hydrogens is 408 g/mol. The van der Waals surface area contributed by atoms with E-state index in [4.69, 9.17) is 0 Å². The largest absolute Gasteiger partial charge is 0.352 e. The van der Waals surface area contributed by atoms with Crippen molar-refractivity contribution in [2.24, 2.45) is 11.3 Å². The van der Waals surface area contributed by atoms with Crippen molar-refractivity contribution in [3.8, 4) is 0 Å². The molecule has 9 heteroatoms. The minimum atomic E-state index is -0.831. The van der Waals surface area contributed by atoms with E-state index >= 15 is 0 Å². The number of hydrogen-bond donors (Lipinski definition) is 1. The smallest absolute Gasteiger partial charge is 0.325 e. The third kappa shape index (κ3) is 4.17. The Morgan fingerprint density at radius 2 is 1.84 bits per heavy atom. The minimum absolute atomic E-state index is 0.190. The van der Waals surface area contributed by atoms with Gasteiger partial charge in [0, 0.05) is 38.6 Å². The third-order valence-electron chi connectivity index (χ3n) is 7.90. The lowest BCUT2D eigenvalue weighted by atomic mass is 9.65. The normalized spacial score (nSPS) is 26.6. The lowest BCUT2D eigenvalue weighted by Crippen LogP contribution is -2.53. The van der Waals surface area contributed by atoms with E-state index in [2.05, 4.69) is 41.0 Å². The lowest BCUT2D eigenvalue weighted by Gasteiger charge is -2.42. The van der Waals surface area contributed by atoms with Gasteiger partial charge in [0.15, 0.2) is 0 Å². The van der Waals surface area contributed by atoms with Gasteiger partial charge in [-0.2, -0.15) is 0 Å². The van der Waals surface area contributed by atoms with Crippen molar-refractivity contribution in [3.63, 3.8) is 0 Å². The number of piperazine rings is 1. The number of urea groups is 1. The molecule has 0 unspecified atom stereocenters. The van der Waals surface area contributed by atoms with Crippen LogP contribution in [0, 0.1) is 11.3 Å². The highest BCUT2D eigenvalue weighted by Crippen LogP contribution is 2.45. The first-order chi connectivity index (χ1) is 15.3. The summed E-state index contributed by atoms with van der Waals surface area (Å²) in [4.78, 5) is 52.1. The Bertz CT molecular complexity index is 858. The predicted octanol–water partition coefficient (Wildman–Crippen LogP) is 2.04. The first-order valence-corrected chi connectivity index (χ1v) is 11.7. The Hall–Kier alpha value is -2.71. The zero-order valence-electron chi connectivity index (χ0n) is 19.3. The highest BCUT2D eigenvalue weighted by molar-refractivity contribution is 6.09. The molecule has 2 saturated heterocycles. The summed E-state index contributed by atoms with van der Waals surface area (Å²) in [5, 5.41) is 2.94. The van der Waals surface area contributed by atoms with E-state index in [-0.39, 0.29) is 23.8 Å². The summed E-state index contributed by atoms with van der Waals surface area (Å²) in [5.41, 5.74) is -0.598. The van der Waals surface area contributed by atoms with Gasteiger partial charge in [0.1, 0.15) is 17.9 Å². The van der Waals surface area contributed by atoms with Crippen LogP contribution in [0.1, 0.15) is 52.9 Å². The first-order valence-electron chi connectivity index (χ1n) is 11.7. The van der Waals surface area contributed by atoms with Crippen LogP contribution >= 0.6 is 0 Å². The van der Waals surface area contributed by atoms with Crippen LogP contribution in [0.3, 0.4) is 0 Å². The molecule has 4 rings (SSSR count). The van der Waals surface area contributed by atoms with Crippen molar-refractivity contribution < 1.29 is 14.4 Å². The summed E-state index contributed by atoms with van der Waals surface area (Å²) in [6.07, 6.45) is 9.21. The number of nitrogens with zero attached hydrogens (tertiary/aromatic N) is 5. The number of hydrogen-bond acceptors (Lipinski definition) is 6. The average Bonchev–Trinajstić information content (AvgIpc) is 3.04. The molecule has 1 spiro atoms. The molecule has 0 radical (unpaired) electrons. The molecule has 32 heavy (non-hydrogen) atoms. The van der Waals surface area contributed by atoms with E-state index in [0.29, 0.717) is 44.9 Å². The molecule has 3 aliphatic rings. The van der Waals surface area contributed by atoms with Gasteiger partial charge in [-0.25, -0.2) is 9.78 Å². The topological polar surface area (TPSA) is 98.7 Å². The number of imide groups is 1. The van der Waals surface area contributed by atoms with E-state index in [0.717, 1.165) is 30.0 Å². The first kappa shape index (κ1) is 22.5. The Kier molecular flexibility index (Phi) is 6.09. The van der Waals surface area contributed by atoms with E-state index < -0.39 is 11.6 Å². The van der Waals surface area contributed by atoms with Crippen LogP contribution in [-0.2, 0) is 9.59 Å². The van der Waals surface area contributed by atoms with Crippen molar-refractivity contribution in [1.82, 2.24) is 25.1 Å². The Labute approximate surface area is 189 Å². The number of anilines is 1. The zero-order chi connectivity index (χ0) is 22.9. The average molecular weight is 443 g/mol. The van der Waals surface area contributed by atoms with E-state index in [1.54, 1.807) is 23.5 Å². The van der Waals surface area contributed by atoms with Crippen LogP contribution < -0.4 is 10.2 Å². The SMILES string of the molecule is CCC(C)(C)C1CCC2(CC1)NC(=O)N(CC(=O)N1CCN(c3cnccn3)CC1)C2=O. The molecule has 9 nitrogen and oxygen atoms in total. The molecule has 0 aromatic carbocycles. The van der Waals surface area contributed by atoms with Crippen molar-refractivity contribution >= 4 is 23.7 Å². The maximum Gasteiger partial charge on any atom is 0.325 e. The Morgan fingerprint density at radius 1 is 1.16 bits per heavy atom. The third-order valence-corrected chi connectivity index (χ3v) is 7.90. The Balaban J connectivity index is 1.33. The van der Waals surface area contributed by atoms with Gasteiger partial charge >= 0.3 is 6.03 Å². The molecule has 2 aliphatic heterocycles. The second-order valence-electron chi connectivity index (χ2n) is 9.95.